The van der Waals surface area contributed by atoms with E-state index in [1.165, 1.54) is 5.56 Å². The summed E-state index contributed by atoms with van der Waals surface area (Å²) in [4.78, 5) is 11.7. The van der Waals surface area contributed by atoms with Crippen LogP contribution in [-0.2, 0) is 13.0 Å². The number of benzene rings is 1. The Morgan fingerprint density at radius 3 is 2.71 bits per heavy atom. The molecule has 0 spiro atoms. The van der Waals surface area contributed by atoms with Crippen molar-refractivity contribution in [3.8, 4) is 0 Å². The van der Waals surface area contributed by atoms with Crippen LogP contribution in [0.15, 0.2) is 18.3 Å². The number of aryl methyl sites for hydroxylation is 3. The number of aromatic carboxylic acids is 1. The highest BCUT2D eigenvalue weighted by molar-refractivity contribution is 6.04. The van der Waals surface area contributed by atoms with Crippen LogP contribution < -0.4 is 5.73 Å². The highest BCUT2D eigenvalue weighted by Crippen LogP contribution is 2.28. The van der Waals surface area contributed by atoms with Crippen LogP contribution in [0.5, 0.6) is 0 Å². The fourth-order valence-electron chi connectivity index (χ4n) is 2.84. The minimum atomic E-state index is -0.848. The summed E-state index contributed by atoms with van der Waals surface area (Å²) in [5.41, 5.74) is 8.92. The van der Waals surface area contributed by atoms with Crippen molar-refractivity contribution >= 4 is 16.9 Å². The molecule has 0 aliphatic carbocycles. The highest BCUT2D eigenvalue weighted by atomic mass is 16.4. The van der Waals surface area contributed by atoms with Crippen LogP contribution in [-0.4, -0.2) is 22.2 Å². The molecule has 1 heterocycles. The van der Waals surface area contributed by atoms with Crippen LogP contribution in [0.25, 0.3) is 10.9 Å². The van der Waals surface area contributed by atoms with E-state index in [4.69, 9.17) is 5.73 Å². The van der Waals surface area contributed by atoms with Gasteiger partial charge in [0.25, 0.3) is 0 Å². The predicted octanol–water partition coefficient (Wildman–Crippen LogP) is 3.34. The zero-order chi connectivity index (χ0) is 15.4. The fourth-order valence-corrected chi connectivity index (χ4v) is 2.84. The van der Waals surface area contributed by atoms with E-state index in [0.29, 0.717) is 12.1 Å². The van der Waals surface area contributed by atoms with Crippen LogP contribution in [0.4, 0.5) is 0 Å². The monoisotopic (exact) mass is 288 g/mol. The molecule has 21 heavy (non-hydrogen) atoms. The summed E-state index contributed by atoms with van der Waals surface area (Å²) < 4.78 is 2.11. The smallest absolute Gasteiger partial charge is 0.338 e. The molecule has 0 unspecified atom stereocenters. The maximum absolute atomic E-state index is 11.7. The molecule has 0 saturated heterocycles. The SMILES string of the molecule is CCCCn1cc(CCCN)c2ccc(C)c(C(=O)O)c21. The van der Waals surface area contributed by atoms with E-state index in [1.807, 2.05) is 19.1 Å². The van der Waals surface area contributed by atoms with E-state index in [1.54, 1.807) is 0 Å². The van der Waals surface area contributed by atoms with Crippen LogP contribution in [0.3, 0.4) is 0 Å². The summed E-state index contributed by atoms with van der Waals surface area (Å²) in [6.45, 7) is 5.52. The molecule has 2 aromatic rings. The lowest BCUT2D eigenvalue weighted by molar-refractivity contribution is 0.0698. The van der Waals surface area contributed by atoms with Gasteiger partial charge in [-0.15, -0.1) is 0 Å². The lowest BCUT2D eigenvalue weighted by Crippen LogP contribution is -2.05. The lowest BCUT2D eigenvalue weighted by Gasteiger charge is -2.09. The molecule has 1 aromatic heterocycles. The Hall–Kier alpha value is -1.81. The molecular weight excluding hydrogens is 264 g/mol. The van der Waals surface area contributed by atoms with Gasteiger partial charge in [0, 0.05) is 18.1 Å². The predicted molar refractivity (Wildman–Crippen MR) is 85.9 cm³/mol. The minimum absolute atomic E-state index is 0.433. The molecule has 0 aliphatic heterocycles. The maximum atomic E-state index is 11.7. The number of unbranched alkanes of at least 4 members (excludes halogenated alkanes) is 1. The number of fused-ring (bicyclic) bond motifs is 1. The average Bonchev–Trinajstić information content (AvgIpc) is 2.80. The van der Waals surface area contributed by atoms with E-state index in [-0.39, 0.29) is 0 Å². The minimum Gasteiger partial charge on any atom is -0.478 e. The molecule has 3 N–H and O–H groups in total. The first-order valence-corrected chi connectivity index (χ1v) is 7.64. The third-order valence-corrected chi connectivity index (χ3v) is 3.95. The van der Waals surface area contributed by atoms with Crippen molar-refractivity contribution in [1.82, 2.24) is 4.57 Å². The lowest BCUT2D eigenvalue weighted by atomic mass is 10.0. The van der Waals surface area contributed by atoms with E-state index in [0.717, 1.165) is 48.7 Å². The topological polar surface area (TPSA) is 68.2 Å². The average molecular weight is 288 g/mol. The molecule has 0 radical (unpaired) electrons. The molecule has 0 amide bonds. The Bertz CT molecular complexity index is 644. The van der Waals surface area contributed by atoms with E-state index < -0.39 is 5.97 Å². The van der Waals surface area contributed by atoms with Crippen molar-refractivity contribution in [2.24, 2.45) is 5.73 Å². The number of carboxylic acid groups (broad SMARTS) is 1. The second-order valence-electron chi connectivity index (χ2n) is 5.55. The first kappa shape index (κ1) is 15.6. The normalized spacial score (nSPS) is 11.2. The number of nitrogens with zero attached hydrogens (tertiary/aromatic N) is 1. The summed E-state index contributed by atoms with van der Waals surface area (Å²) in [6.07, 6.45) is 6.07. The Kier molecular flexibility index (Phi) is 5.02. The molecule has 0 aliphatic rings. The van der Waals surface area contributed by atoms with Crippen molar-refractivity contribution in [3.63, 3.8) is 0 Å². The van der Waals surface area contributed by atoms with Gasteiger partial charge in [0.2, 0.25) is 0 Å². The number of hydrogen-bond donors (Lipinski definition) is 2. The van der Waals surface area contributed by atoms with E-state index in [9.17, 15) is 9.90 Å². The molecule has 0 bridgehead atoms. The second kappa shape index (κ2) is 6.76. The van der Waals surface area contributed by atoms with Crippen LogP contribution in [0.1, 0.15) is 47.7 Å². The van der Waals surface area contributed by atoms with E-state index >= 15 is 0 Å². The number of carbonyl (C=O) groups is 1. The summed E-state index contributed by atoms with van der Waals surface area (Å²) >= 11 is 0. The third-order valence-electron chi connectivity index (χ3n) is 3.95. The van der Waals surface area contributed by atoms with Gasteiger partial charge in [-0.1, -0.05) is 25.5 Å². The molecule has 1 aromatic carbocycles. The Morgan fingerprint density at radius 1 is 1.33 bits per heavy atom. The van der Waals surface area contributed by atoms with Gasteiger partial charge < -0.3 is 15.4 Å². The van der Waals surface area contributed by atoms with E-state index in [2.05, 4.69) is 17.7 Å². The van der Waals surface area contributed by atoms with Gasteiger partial charge in [0.1, 0.15) is 0 Å². The molecule has 0 saturated carbocycles. The van der Waals surface area contributed by atoms with Crippen molar-refractivity contribution in [2.75, 3.05) is 6.54 Å². The van der Waals surface area contributed by atoms with Crippen molar-refractivity contribution in [2.45, 2.75) is 46.1 Å². The number of aromatic nitrogens is 1. The fraction of sp³-hybridized carbons (Fsp3) is 0.471. The van der Waals surface area contributed by atoms with Gasteiger partial charge in [0.15, 0.2) is 0 Å². The van der Waals surface area contributed by atoms with Crippen LogP contribution >= 0.6 is 0 Å². The van der Waals surface area contributed by atoms with Gasteiger partial charge >= 0.3 is 5.97 Å². The number of hydrogen-bond acceptors (Lipinski definition) is 2. The number of rotatable bonds is 7. The van der Waals surface area contributed by atoms with Gasteiger partial charge in [0.05, 0.1) is 11.1 Å². The van der Waals surface area contributed by atoms with Gasteiger partial charge in [-0.25, -0.2) is 4.79 Å². The van der Waals surface area contributed by atoms with Gasteiger partial charge in [-0.3, -0.25) is 0 Å². The summed E-state index contributed by atoms with van der Waals surface area (Å²) in [5, 5.41) is 10.6. The first-order chi connectivity index (χ1) is 10.1. The summed E-state index contributed by atoms with van der Waals surface area (Å²) in [6, 6.07) is 3.95. The Labute approximate surface area is 125 Å². The Balaban J connectivity index is 2.62. The third kappa shape index (κ3) is 3.10. The van der Waals surface area contributed by atoms with Crippen molar-refractivity contribution in [1.29, 1.82) is 0 Å². The standard InChI is InChI=1S/C17H24N2O2/c1-3-4-10-19-11-13(6-5-9-18)14-8-7-12(2)15(16(14)19)17(20)21/h7-8,11H,3-6,9-10,18H2,1-2H3,(H,20,21). The molecule has 4 nitrogen and oxygen atoms in total. The molecule has 114 valence electrons. The van der Waals surface area contributed by atoms with Gasteiger partial charge in [-0.2, -0.15) is 0 Å². The van der Waals surface area contributed by atoms with Crippen molar-refractivity contribution < 1.29 is 9.90 Å². The molecule has 4 heteroatoms. The molecular formula is C17H24N2O2. The molecule has 0 atom stereocenters. The van der Waals surface area contributed by atoms with Crippen LogP contribution in [0, 0.1) is 6.92 Å². The number of nitrogens with two attached hydrogens (primary N) is 1. The zero-order valence-electron chi connectivity index (χ0n) is 12.9. The largest absolute Gasteiger partial charge is 0.478 e. The van der Waals surface area contributed by atoms with Crippen LogP contribution in [0.2, 0.25) is 0 Å². The summed E-state index contributed by atoms with van der Waals surface area (Å²) in [7, 11) is 0. The Morgan fingerprint density at radius 2 is 2.10 bits per heavy atom. The van der Waals surface area contributed by atoms with Gasteiger partial charge in [-0.05, 0) is 43.9 Å². The first-order valence-electron chi connectivity index (χ1n) is 7.64. The highest BCUT2D eigenvalue weighted by Gasteiger charge is 2.18. The second-order valence-corrected chi connectivity index (χ2v) is 5.55. The summed E-state index contributed by atoms with van der Waals surface area (Å²) in [5.74, 6) is -0.848. The number of carboxylic acids is 1. The van der Waals surface area contributed by atoms with Crippen molar-refractivity contribution in [3.05, 3.63) is 35.0 Å². The zero-order valence-corrected chi connectivity index (χ0v) is 12.9. The quantitative estimate of drug-likeness (QED) is 0.821. The molecule has 2 rings (SSSR count). The molecule has 0 fully saturated rings. The maximum Gasteiger partial charge on any atom is 0.338 e.